The highest BCUT2D eigenvalue weighted by atomic mass is 16.5. The van der Waals surface area contributed by atoms with E-state index < -0.39 is 5.97 Å². The van der Waals surface area contributed by atoms with Crippen LogP contribution in [0.5, 0.6) is 5.75 Å². The molecule has 0 saturated heterocycles. The zero-order valence-electron chi connectivity index (χ0n) is 10.8. The molecular weight excluding hydrogens is 228 g/mol. The lowest BCUT2D eigenvalue weighted by molar-refractivity contribution is -0.132. The summed E-state index contributed by atoms with van der Waals surface area (Å²) < 4.78 is 5.34. The summed E-state index contributed by atoms with van der Waals surface area (Å²) in [5.74, 6) is -0.243. The number of carbonyl (C=O) groups is 1. The van der Waals surface area contributed by atoms with Gasteiger partial charge in [0.15, 0.2) is 0 Å². The summed E-state index contributed by atoms with van der Waals surface area (Å²) >= 11 is 0. The van der Waals surface area contributed by atoms with Crippen molar-refractivity contribution in [3.63, 3.8) is 0 Å². The molecular formula is C15H20O3. The van der Waals surface area contributed by atoms with Crippen molar-refractivity contribution in [1.29, 1.82) is 0 Å². The summed E-state index contributed by atoms with van der Waals surface area (Å²) in [6, 6.07) is 9.19. The van der Waals surface area contributed by atoms with Gasteiger partial charge in [0, 0.05) is 0 Å². The maximum Gasteiger partial charge on any atom is 0.334 e. The molecule has 0 aliphatic rings. The van der Waals surface area contributed by atoms with Crippen LogP contribution in [0.15, 0.2) is 42.2 Å². The minimum atomic E-state index is -0.901. The van der Waals surface area contributed by atoms with Crippen LogP contribution in [0.1, 0.15) is 39.0 Å². The third kappa shape index (κ3) is 5.53. The highest BCUT2D eigenvalue weighted by Gasteiger charge is 2.07. The van der Waals surface area contributed by atoms with E-state index in [1.807, 2.05) is 18.2 Å². The molecule has 1 rings (SSSR count). The van der Waals surface area contributed by atoms with Crippen molar-refractivity contribution in [1.82, 2.24) is 0 Å². The SMILES string of the molecule is CCCCCC/C(=C/Oc1ccccc1)C(=O)O. The van der Waals surface area contributed by atoms with E-state index in [1.165, 1.54) is 6.26 Å². The number of carboxylic acids is 1. The summed E-state index contributed by atoms with van der Waals surface area (Å²) in [5.41, 5.74) is 0.329. The van der Waals surface area contributed by atoms with E-state index in [2.05, 4.69) is 6.92 Å². The van der Waals surface area contributed by atoms with Gasteiger partial charge in [-0.25, -0.2) is 4.79 Å². The topological polar surface area (TPSA) is 46.5 Å². The number of ether oxygens (including phenoxy) is 1. The molecule has 0 bridgehead atoms. The number of carboxylic acid groups (broad SMARTS) is 1. The van der Waals surface area contributed by atoms with Crippen LogP contribution >= 0.6 is 0 Å². The van der Waals surface area contributed by atoms with E-state index in [1.54, 1.807) is 12.1 Å². The lowest BCUT2D eigenvalue weighted by Crippen LogP contribution is -2.02. The molecule has 0 aliphatic heterocycles. The molecule has 1 N–H and O–H groups in total. The van der Waals surface area contributed by atoms with Crippen LogP contribution < -0.4 is 4.74 Å². The van der Waals surface area contributed by atoms with Crippen molar-refractivity contribution in [3.05, 3.63) is 42.2 Å². The van der Waals surface area contributed by atoms with E-state index in [4.69, 9.17) is 9.84 Å². The predicted molar refractivity (Wildman–Crippen MR) is 71.5 cm³/mol. The minimum absolute atomic E-state index is 0.329. The molecule has 0 heterocycles. The molecule has 18 heavy (non-hydrogen) atoms. The summed E-state index contributed by atoms with van der Waals surface area (Å²) in [4.78, 5) is 11.0. The minimum Gasteiger partial charge on any atom is -0.478 e. The van der Waals surface area contributed by atoms with Crippen LogP contribution in [0, 0.1) is 0 Å². The van der Waals surface area contributed by atoms with Gasteiger partial charge in [-0.1, -0.05) is 44.4 Å². The molecule has 3 heteroatoms. The van der Waals surface area contributed by atoms with Crippen molar-refractivity contribution in [3.8, 4) is 5.75 Å². The molecule has 0 amide bonds. The number of hydrogen-bond acceptors (Lipinski definition) is 2. The molecule has 0 fully saturated rings. The van der Waals surface area contributed by atoms with E-state index >= 15 is 0 Å². The van der Waals surface area contributed by atoms with Gasteiger partial charge in [0.1, 0.15) is 12.0 Å². The summed E-state index contributed by atoms with van der Waals surface area (Å²) in [5, 5.41) is 9.06. The smallest absolute Gasteiger partial charge is 0.334 e. The highest BCUT2D eigenvalue weighted by molar-refractivity contribution is 5.86. The maximum atomic E-state index is 11.0. The van der Waals surface area contributed by atoms with Gasteiger partial charge in [0.25, 0.3) is 0 Å². The molecule has 0 aromatic heterocycles. The van der Waals surface area contributed by atoms with Gasteiger partial charge in [-0.2, -0.15) is 0 Å². The zero-order chi connectivity index (χ0) is 13.2. The number of hydrogen-bond donors (Lipinski definition) is 1. The quantitative estimate of drug-likeness (QED) is 0.429. The fraction of sp³-hybridized carbons (Fsp3) is 0.400. The number of aliphatic carboxylic acids is 1. The normalized spacial score (nSPS) is 11.3. The van der Waals surface area contributed by atoms with Crippen molar-refractivity contribution in [2.45, 2.75) is 39.0 Å². The van der Waals surface area contributed by atoms with Crippen LogP contribution in [-0.2, 0) is 4.79 Å². The summed E-state index contributed by atoms with van der Waals surface area (Å²) in [6.07, 6.45) is 6.15. The van der Waals surface area contributed by atoms with Crippen molar-refractivity contribution in [2.24, 2.45) is 0 Å². The molecule has 0 saturated carbocycles. The molecule has 0 unspecified atom stereocenters. The molecule has 1 aromatic carbocycles. The Labute approximate surface area is 108 Å². The van der Waals surface area contributed by atoms with E-state index in [0.29, 0.717) is 17.7 Å². The van der Waals surface area contributed by atoms with Gasteiger partial charge < -0.3 is 9.84 Å². The summed E-state index contributed by atoms with van der Waals surface area (Å²) in [6.45, 7) is 2.13. The Morgan fingerprint density at radius 3 is 2.56 bits per heavy atom. The first-order chi connectivity index (χ1) is 8.74. The lowest BCUT2D eigenvalue weighted by atomic mass is 10.1. The first kappa shape index (κ1) is 14.3. The van der Waals surface area contributed by atoms with E-state index in [0.717, 1.165) is 25.7 Å². The molecule has 3 nitrogen and oxygen atoms in total. The molecule has 1 aromatic rings. The number of benzene rings is 1. The number of rotatable bonds is 8. The van der Waals surface area contributed by atoms with Crippen LogP contribution in [0.25, 0.3) is 0 Å². The Bertz CT molecular complexity index is 382. The average molecular weight is 248 g/mol. The molecule has 0 spiro atoms. The molecule has 0 radical (unpaired) electrons. The second-order valence-electron chi connectivity index (χ2n) is 4.19. The second-order valence-corrected chi connectivity index (χ2v) is 4.19. The predicted octanol–water partition coefficient (Wildman–Crippen LogP) is 4.00. The van der Waals surface area contributed by atoms with E-state index in [-0.39, 0.29) is 0 Å². The molecule has 98 valence electrons. The number of para-hydroxylation sites is 1. The van der Waals surface area contributed by atoms with Gasteiger partial charge in [-0.05, 0) is 25.0 Å². The Balaban J connectivity index is 2.48. The Morgan fingerprint density at radius 1 is 1.22 bits per heavy atom. The molecule has 0 atom stereocenters. The van der Waals surface area contributed by atoms with Gasteiger partial charge in [0.2, 0.25) is 0 Å². The monoisotopic (exact) mass is 248 g/mol. The number of unbranched alkanes of at least 4 members (excludes halogenated alkanes) is 3. The van der Waals surface area contributed by atoms with Gasteiger partial charge in [0.05, 0.1) is 5.57 Å². The van der Waals surface area contributed by atoms with Gasteiger partial charge in [-0.15, -0.1) is 0 Å². The standard InChI is InChI=1S/C15H20O3/c1-2-3-4-6-9-13(15(16)17)12-18-14-10-7-5-8-11-14/h5,7-8,10-12H,2-4,6,9H2,1H3,(H,16,17)/b13-12-. The van der Waals surface area contributed by atoms with Gasteiger partial charge in [-0.3, -0.25) is 0 Å². The van der Waals surface area contributed by atoms with Crippen LogP contribution in [-0.4, -0.2) is 11.1 Å². The fourth-order valence-electron chi connectivity index (χ4n) is 1.60. The first-order valence-electron chi connectivity index (χ1n) is 6.38. The van der Waals surface area contributed by atoms with Crippen molar-refractivity contribution >= 4 is 5.97 Å². The third-order valence-electron chi connectivity index (χ3n) is 2.65. The van der Waals surface area contributed by atoms with Crippen molar-refractivity contribution in [2.75, 3.05) is 0 Å². The maximum absolute atomic E-state index is 11.0. The van der Waals surface area contributed by atoms with Crippen molar-refractivity contribution < 1.29 is 14.6 Å². The highest BCUT2D eigenvalue weighted by Crippen LogP contribution is 2.14. The van der Waals surface area contributed by atoms with Crippen LogP contribution in [0.2, 0.25) is 0 Å². The van der Waals surface area contributed by atoms with Crippen LogP contribution in [0.3, 0.4) is 0 Å². The second kappa shape index (κ2) is 8.34. The third-order valence-corrected chi connectivity index (χ3v) is 2.65. The van der Waals surface area contributed by atoms with Crippen LogP contribution in [0.4, 0.5) is 0 Å². The summed E-state index contributed by atoms with van der Waals surface area (Å²) in [7, 11) is 0. The first-order valence-corrected chi connectivity index (χ1v) is 6.38. The zero-order valence-corrected chi connectivity index (χ0v) is 10.8. The Hall–Kier alpha value is -1.77. The van der Waals surface area contributed by atoms with Gasteiger partial charge >= 0.3 is 5.97 Å². The fourth-order valence-corrected chi connectivity index (χ4v) is 1.60. The Morgan fingerprint density at radius 2 is 1.94 bits per heavy atom. The largest absolute Gasteiger partial charge is 0.478 e. The molecule has 0 aliphatic carbocycles. The average Bonchev–Trinajstić information content (AvgIpc) is 2.38. The van der Waals surface area contributed by atoms with E-state index in [9.17, 15) is 4.79 Å². The lowest BCUT2D eigenvalue weighted by Gasteiger charge is -2.04. The Kier molecular flexibility index (Phi) is 6.62.